The van der Waals surface area contributed by atoms with Gasteiger partial charge in [0.1, 0.15) is 11.3 Å². The normalized spacial score (nSPS) is 12.9. The van der Waals surface area contributed by atoms with Gasteiger partial charge in [0.25, 0.3) is 0 Å². The minimum absolute atomic E-state index is 0.135. The van der Waals surface area contributed by atoms with Crippen LogP contribution in [0.15, 0.2) is 23.1 Å². The van der Waals surface area contributed by atoms with Crippen LogP contribution in [0.1, 0.15) is 24.2 Å². The molecule has 0 aliphatic carbocycles. The molecule has 7 nitrogen and oxygen atoms in total. The number of ether oxygens (including phenoxy) is 2. The number of aromatic hydroxyl groups is 1. The molecule has 0 bridgehead atoms. The van der Waals surface area contributed by atoms with Gasteiger partial charge < -0.3 is 14.6 Å². The molecule has 118 valence electrons. The van der Waals surface area contributed by atoms with Crippen LogP contribution in [-0.2, 0) is 19.5 Å². The molecule has 0 heterocycles. The van der Waals surface area contributed by atoms with Crippen LogP contribution < -0.4 is 4.72 Å². The van der Waals surface area contributed by atoms with Gasteiger partial charge in [-0.15, -0.1) is 0 Å². The lowest BCUT2D eigenvalue weighted by Gasteiger charge is -2.14. The van der Waals surface area contributed by atoms with Crippen LogP contribution in [0.25, 0.3) is 0 Å². The number of hydrogen-bond donors (Lipinski definition) is 2. The molecule has 1 rings (SSSR count). The maximum absolute atomic E-state index is 12.2. The molecule has 0 aliphatic rings. The minimum atomic E-state index is -3.82. The summed E-state index contributed by atoms with van der Waals surface area (Å²) in [5.74, 6) is -1.16. The van der Waals surface area contributed by atoms with Gasteiger partial charge in [0.15, 0.2) is 0 Å². The molecule has 1 unspecified atom stereocenters. The van der Waals surface area contributed by atoms with Crippen molar-refractivity contribution in [2.24, 2.45) is 0 Å². The van der Waals surface area contributed by atoms with E-state index < -0.39 is 22.0 Å². The number of carbonyl (C=O) groups excluding carboxylic acids is 1. The van der Waals surface area contributed by atoms with E-state index in [1.165, 1.54) is 6.07 Å². The zero-order valence-electron chi connectivity index (χ0n) is 12.1. The smallest absolute Gasteiger partial charge is 0.341 e. The topological polar surface area (TPSA) is 102 Å². The lowest BCUT2D eigenvalue weighted by molar-refractivity contribution is 0.0597. The SMILES string of the molecule is CCOCC(C)NS(=O)(=O)c1ccc(O)c(C(=O)OC)c1. The summed E-state index contributed by atoms with van der Waals surface area (Å²) in [6.45, 7) is 4.19. The predicted octanol–water partition coefficient (Wildman–Crippen LogP) is 0.882. The first-order valence-corrected chi connectivity index (χ1v) is 7.81. The zero-order chi connectivity index (χ0) is 16.0. The van der Waals surface area contributed by atoms with Gasteiger partial charge in [-0.2, -0.15) is 0 Å². The van der Waals surface area contributed by atoms with Gasteiger partial charge in [0.05, 0.1) is 18.6 Å². The van der Waals surface area contributed by atoms with Crippen molar-refractivity contribution in [3.05, 3.63) is 23.8 Å². The first kappa shape index (κ1) is 17.4. The predicted molar refractivity (Wildman–Crippen MR) is 75.7 cm³/mol. The lowest BCUT2D eigenvalue weighted by atomic mass is 10.2. The van der Waals surface area contributed by atoms with Crippen LogP contribution >= 0.6 is 0 Å². The average Bonchev–Trinajstić information content (AvgIpc) is 2.44. The van der Waals surface area contributed by atoms with Crippen LogP contribution in [0.2, 0.25) is 0 Å². The van der Waals surface area contributed by atoms with Crippen LogP contribution in [0.5, 0.6) is 5.75 Å². The van der Waals surface area contributed by atoms with E-state index >= 15 is 0 Å². The number of nitrogens with one attached hydrogen (secondary N) is 1. The third-order valence-electron chi connectivity index (χ3n) is 2.61. The highest BCUT2D eigenvalue weighted by Gasteiger charge is 2.21. The Bertz CT molecular complexity index is 599. The summed E-state index contributed by atoms with van der Waals surface area (Å²) in [6.07, 6.45) is 0. The van der Waals surface area contributed by atoms with E-state index in [1.54, 1.807) is 6.92 Å². The summed E-state index contributed by atoms with van der Waals surface area (Å²) >= 11 is 0. The van der Waals surface area contributed by atoms with E-state index in [9.17, 15) is 18.3 Å². The summed E-state index contributed by atoms with van der Waals surface area (Å²) < 4.78 is 36.4. The van der Waals surface area contributed by atoms with E-state index in [0.717, 1.165) is 19.2 Å². The highest BCUT2D eigenvalue weighted by molar-refractivity contribution is 7.89. The molecule has 0 amide bonds. The molecular formula is C13H19NO6S. The molecular weight excluding hydrogens is 298 g/mol. The van der Waals surface area contributed by atoms with Crippen molar-refractivity contribution in [2.45, 2.75) is 24.8 Å². The molecule has 0 spiro atoms. The quantitative estimate of drug-likeness (QED) is 0.724. The fraction of sp³-hybridized carbons (Fsp3) is 0.462. The monoisotopic (exact) mass is 317 g/mol. The summed E-state index contributed by atoms with van der Waals surface area (Å²) in [5.41, 5.74) is -0.210. The number of phenolic OH excluding ortho intramolecular Hbond substituents is 1. The third kappa shape index (κ3) is 4.69. The highest BCUT2D eigenvalue weighted by Crippen LogP contribution is 2.22. The Labute approximate surface area is 123 Å². The van der Waals surface area contributed by atoms with Crippen molar-refractivity contribution in [1.29, 1.82) is 0 Å². The van der Waals surface area contributed by atoms with Crippen molar-refractivity contribution in [1.82, 2.24) is 4.72 Å². The number of sulfonamides is 1. The van der Waals surface area contributed by atoms with Crippen LogP contribution in [-0.4, -0.2) is 45.9 Å². The van der Waals surface area contributed by atoms with Gasteiger partial charge in [0, 0.05) is 12.6 Å². The number of hydrogen-bond acceptors (Lipinski definition) is 6. The van der Waals surface area contributed by atoms with Gasteiger partial charge in [-0.1, -0.05) is 0 Å². The van der Waals surface area contributed by atoms with Crippen molar-refractivity contribution in [2.75, 3.05) is 20.3 Å². The Kier molecular flexibility index (Phi) is 6.13. The minimum Gasteiger partial charge on any atom is -0.507 e. The Hall–Kier alpha value is -1.64. The fourth-order valence-electron chi connectivity index (χ4n) is 1.62. The van der Waals surface area contributed by atoms with Gasteiger partial charge in [-0.3, -0.25) is 0 Å². The van der Waals surface area contributed by atoms with Crippen molar-refractivity contribution in [3.8, 4) is 5.75 Å². The second kappa shape index (κ2) is 7.39. The standard InChI is InChI=1S/C13H19NO6S/c1-4-20-8-9(2)14-21(17,18)10-5-6-12(15)11(7-10)13(16)19-3/h5-7,9,14-15H,4,8H2,1-3H3. The Morgan fingerprint density at radius 3 is 2.67 bits per heavy atom. The van der Waals surface area contributed by atoms with Gasteiger partial charge >= 0.3 is 5.97 Å². The molecule has 0 radical (unpaired) electrons. The molecule has 2 N–H and O–H groups in total. The Balaban J connectivity index is 3.01. The molecule has 0 aliphatic heterocycles. The zero-order valence-corrected chi connectivity index (χ0v) is 12.9. The average molecular weight is 317 g/mol. The fourth-order valence-corrected chi connectivity index (χ4v) is 2.87. The second-order valence-corrected chi connectivity index (χ2v) is 6.07. The maximum atomic E-state index is 12.2. The lowest BCUT2D eigenvalue weighted by Crippen LogP contribution is -2.36. The van der Waals surface area contributed by atoms with Crippen LogP contribution in [0.3, 0.4) is 0 Å². The summed E-state index contributed by atoms with van der Waals surface area (Å²) in [7, 11) is -2.68. The Morgan fingerprint density at radius 1 is 1.43 bits per heavy atom. The molecule has 0 saturated carbocycles. The van der Waals surface area contributed by atoms with Crippen LogP contribution in [0.4, 0.5) is 0 Å². The van der Waals surface area contributed by atoms with E-state index in [1.807, 2.05) is 6.92 Å². The number of methoxy groups -OCH3 is 1. The van der Waals surface area contributed by atoms with Gasteiger partial charge in [-0.25, -0.2) is 17.9 Å². The largest absolute Gasteiger partial charge is 0.507 e. The highest BCUT2D eigenvalue weighted by atomic mass is 32.2. The third-order valence-corrected chi connectivity index (χ3v) is 4.20. The van der Waals surface area contributed by atoms with Crippen LogP contribution in [0, 0.1) is 0 Å². The molecule has 1 aromatic rings. The molecule has 0 aromatic heterocycles. The molecule has 1 atom stereocenters. The first-order valence-electron chi connectivity index (χ1n) is 6.33. The van der Waals surface area contributed by atoms with Crippen molar-refractivity contribution in [3.63, 3.8) is 0 Å². The van der Waals surface area contributed by atoms with Crippen molar-refractivity contribution < 1.29 is 27.8 Å². The van der Waals surface area contributed by atoms with E-state index in [2.05, 4.69) is 9.46 Å². The maximum Gasteiger partial charge on any atom is 0.341 e. The Morgan fingerprint density at radius 2 is 2.10 bits per heavy atom. The number of carbonyl (C=O) groups is 1. The first-order chi connectivity index (χ1) is 9.81. The summed E-state index contributed by atoms with van der Waals surface area (Å²) in [5, 5.41) is 9.56. The molecule has 0 fully saturated rings. The summed E-state index contributed by atoms with van der Waals surface area (Å²) in [6, 6.07) is 2.98. The van der Waals surface area contributed by atoms with E-state index in [4.69, 9.17) is 4.74 Å². The molecule has 0 saturated heterocycles. The number of esters is 1. The van der Waals surface area contributed by atoms with Gasteiger partial charge in [-0.05, 0) is 32.0 Å². The number of rotatable bonds is 7. The van der Waals surface area contributed by atoms with Crippen molar-refractivity contribution >= 4 is 16.0 Å². The summed E-state index contributed by atoms with van der Waals surface area (Å²) in [4.78, 5) is 11.3. The molecule has 1 aromatic carbocycles. The van der Waals surface area contributed by atoms with E-state index in [-0.39, 0.29) is 22.8 Å². The molecule has 21 heavy (non-hydrogen) atoms. The molecule has 8 heteroatoms. The second-order valence-electron chi connectivity index (χ2n) is 4.35. The number of phenols is 1. The van der Waals surface area contributed by atoms with Gasteiger partial charge in [0.2, 0.25) is 10.0 Å². The number of benzene rings is 1. The van der Waals surface area contributed by atoms with E-state index in [0.29, 0.717) is 6.61 Å².